The van der Waals surface area contributed by atoms with Crippen molar-refractivity contribution in [3.05, 3.63) is 58.7 Å². The standard InChI is InChI=1S/C17H15F2NO2/c18-11-8-13(19)16(15(21)9-11)17(22)20-14-7-3-5-10-4-1-2-6-12(10)14/h3,5,7-9,21H,1-2,4,6H2,(H,20,22). The van der Waals surface area contributed by atoms with Crippen LogP contribution in [0.15, 0.2) is 30.3 Å². The zero-order valence-electron chi connectivity index (χ0n) is 11.8. The number of phenolic OH excluding ortho intramolecular Hbond substituents is 1. The molecule has 0 saturated heterocycles. The van der Waals surface area contributed by atoms with E-state index < -0.39 is 28.9 Å². The fourth-order valence-electron chi connectivity index (χ4n) is 2.87. The van der Waals surface area contributed by atoms with Crippen molar-refractivity contribution in [2.75, 3.05) is 5.32 Å². The molecule has 0 unspecified atom stereocenters. The van der Waals surface area contributed by atoms with Gasteiger partial charge >= 0.3 is 0 Å². The van der Waals surface area contributed by atoms with Crippen molar-refractivity contribution < 1.29 is 18.7 Å². The Morgan fingerprint density at radius 3 is 2.68 bits per heavy atom. The molecule has 5 heteroatoms. The van der Waals surface area contributed by atoms with Crippen molar-refractivity contribution in [2.45, 2.75) is 25.7 Å². The first-order valence-electron chi connectivity index (χ1n) is 7.16. The van der Waals surface area contributed by atoms with Crippen molar-refractivity contribution in [3.8, 4) is 5.75 Å². The number of benzene rings is 2. The number of anilines is 1. The zero-order valence-corrected chi connectivity index (χ0v) is 11.8. The summed E-state index contributed by atoms with van der Waals surface area (Å²) in [5.74, 6) is -3.50. The quantitative estimate of drug-likeness (QED) is 0.886. The van der Waals surface area contributed by atoms with Crippen molar-refractivity contribution >= 4 is 11.6 Å². The van der Waals surface area contributed by atoms with Crippen LogP contribution in [0.4, 0.5) is 14.5 Å². The Kier molecular flexibility index (Phi) is 3.79. The van der Waals surface area contributed by atoms with Gasteiger partial charge in [0.05, 0.1) is 0 Å². The second kappa shape index (κ2) is 5.75. The van der Waals surface area contributed by atoms with Crippen molar-refractivity contribution in [2.24, 2.45) is 0 Å². The number of amides is 1. The van der Waals surface area contributed by atoms with Crippen LogP contribution in [0.25, 0.3) is 0 Å². The lowest BCUT2D eigenvalue weighted by Gasteiger charge is -2.19. The van der Waals surface area contributed by atoms with Gasteiger partial charge in [0, 0.05) is 17.8 Å². The Morgan fingerprint density at radius 2 is 1.91 bits per heavy atom. The molecule has 0 fully saturated rings. The van der Waals surface area contributed by atoms with E-state index in [1.807, 2.05) is 12.1 Å². The predicted octanol–water partition coefficient (Wildman–Crippen LogP) is 3.80. The Labute approximate surface area is 126 Å². The van der Waals surface area contributed by atoms with Crippen molar-refractivity contribution in [3.63, 3.8) is 0 Å². The maximum absolute atomic E-state index is 13.7. The molecule has 0 saturated carbocycles. The molecule has 0 aromatic heterocycles. The molecular weight excluding hydrogens is 288 g/mol. The molecule has 1 amide bonds. The van der Waals surface area contributed by atoms with Gasteiger partial charge in [0.2, 0.25) is 0 Å². The first-order valence-corrected chi connectivity index (χ1v) is 7.16. The van der Waals surface area contributed by atoms with E-state index in [9.17, 15) is 18.7 Å². The summed E-state index contributed by atoms with van der Waals surface area (Å²) in [6.45, 7) is 0. The van der Waals surface area contributed by atoms with Crippen LogP contribution >= 0.6 is 0 Å². The molecule has 0 heterocycles. The minimum Gasteiger partial charge on any atom is -0.507 e. The van der Waals surface area contributed by atoms with E-state index in [0.717, 1.165) is 37.3 Å². The number of fused-ring (bicyclic) bond motifs is 1. The fourth-order valence-corrected chi connectivity index (χ4v) is 2.87. The lowest BCUT2D eigenvalue weighted by atomic mass is 9.90. The van der Waals surface area contributed by atoms with Crippen LogP contribution in [0.1, 0.15) is 34.3 Å². The largest absolute Gasteiger partial charge is 0.507 e. The van der Waals surface area contributed by atoms with Gasteiger partial charge in [0.15, 0.2) is 0 Å². The van der Waals surface area contributed by atoms with Gasteiger partial charge in [0.1, 0.15) is 22.9 Å². The average molecular weight is 303 g/mol. The van der Waals surface area contributed by atoms with Crippen LogP contribution in [-0.4, -0.2) is 11.0 Å². The third kappa shape index (κ3) is 2.66. The van der Waals surface area contributed by atoms with Crippen molar-refractivity contribution in [1.82, 2.24) is 0 Å². The molecular formula is C17H15F2NO2. The molecule has 3 nitrogen and oxygen atoms in total. The van der Waals surface area contributed by atoms with E-state index in [2.05, 4.69) is 5.32 Å². The highest BCUT2D eigenvalue weighted by Crippen LogP contribution is 2.29. The molecule has 1 aliphatic carbocycles. The molecule has 0 radical (unpaired) electrons. The zero-order chi connectivity index (χ0) is 15.7. The molecule has 0 spiro atoms. The number of hydrogen-bond donors (Lipinski definition) is 2. The average Bonchev–Trinajstić information content (AvgIpc) is 2.46. The number of hydrogen-bond acceptors (Lipinski definition) is 2. The Bertz CT molecular complexity index is 720. The SMILES string of the molecule is O=C(Nc1cccc2c1CCCC2)c1c(O)cc(F)cc1F. The summed E-state index contributed by atoms with van der Waals surface area (Å²) in [7, 11) is 0. The summed E-state index contributed by atoms with van der Waals surface area (Å²) in [6.07, 6.45) is 3.95. The van der Waals surface area contributed by atoms with Gasteiger partial charge in [-0.2, -0.15) is 0 Å². The van der Waals surface area contributed by atoms with E-state index in [-0.39, 0.29) is 0 Å². The van der Waals surface area contributed by atoms with E-state index in [0.29, 0.717) is 11.8 Å². The summed E-state index contributed by atoms with van der Waals surface area (Å²) in [5.41, 5.74) is 2.29. The number of aryl methyl sites for hydroxylation is 1. The molecule has 2 aromatic rings. The number of halogens is 2. The normalized spacial score (nSPS) is 13.5. The molecule has 2 N–H and O–H groups in total. The van der Waals surface area contributed by atoms with Gasteiger partial charge in [0.25, 0.3) is 5.91 Å². The number of carbonyl (C=O) groups excluding carboxylic acids is 1. The third-order valence-corrected chi connectivity index (χ3v) is 3.91. The fraction of sp³-hybridized carbons (Fsp3) is 0.235. The molecule has 0 aliphatic heterocycles. The Hall–Kier alpha value is -2.43. The summed E-state index contributed by atoms with van der Waals surface area (Å²) in [4.78, 5) is 12.2. The smallest absolute Gasteiger partial charge is 0.262 e. The van der Waals surface area contributed by atoms with Crippen LogP contribution in [0, 0.1) is 11.6 Å². The van der Waals surface area contributed by atoms with Gasteiger partial charge in [-0.1, -0.05) is 12.1 Å². The maximum Gasteiger partial charge on any atom is 0.262 e. The number of nitrogens with one attached hydrogen (secondary N) is 1. The lowest BCUT2D eigenvalue weighted by Crippen LogP contribution is -2.17. The molecule has 0 bridgehead atoms. The summed E-state index contributed by atoms with van der Waals surface area (Å²) in [6, 6.07) is 6.90. The first-order chi connectivity index (χ1) is 10.6. The van der Waals surface area contributed by atoms with Gasteiger partial charge < -0.3 is 10.4 Å². The third-order valence-electron chi connectivity index (χ3n) is 3.91. The summed E-state index contributed by atoms with van der Waals surface area (Å²) >= 11 is 0. The Balaban J connectivity index is 1.93. The highest BCUT2D eigenvalue weighted by molar-refractivity contribution is 6.06. The molecule has 2 aromatic carbocycles. The second-order valence-corrected chi connectivity index (χ2v) is 5.39. The highest BCUT2D eigenvalue weighted by atomic mass is 19.1. The monoisotopic (exact) mass is 303 g/mol. The number of carbonyl (C=O) groups is 1. The number of rotatable bonds is 2. The van der Waals surface area contributed by atoms with Crippen LogP contribution < -0.4 is 5.32 Å². The van der Waals surface area contributed by atoms with Gasteiger partial charge in [-0.3, -0.25) is 4.79 Å². The lowest BCUT2D eigenvalue weighted by molar-refractivity contribution is 0.102. The van der Waals surface area contributed by atoms with Crippen LogP contribution in [0.3, 0.4) is 0 Å². The minimum absolute atomic E-state index is 0.546. The molecule has 22 heavy (non-hydrogen) atoms. The minimum atomic E-state index is -1.08. The van der Waals surface area contributed by atoms with Gasteiger partial charge in [-0.25, -0.2) is 8.78 Å². The van der Waals surface area contributed by atoms with Crippen LogP contribution in [0.2, 0.25) is 0 Å². The van der Waals surface area contributed by atoms with Crippen molar-refractivity contribution in [1.29, 1.82) is 0 Å². The number of phenols is 1. The van der Waals surface area contributed by atoms with Crippen LogP contribution in [-0.2, 0) is 12.8 Å². The second-order valence-electron chi connectivity index (χ2n) is 5.39. The highest BCUT2D eigenvalue weighted by Gasteiger charge is 2.20. The maximum atomic E-state index is 13.7. The molecule has 3 rings (SSSR count). The van der Waals surface area contributed by atoms with Crippen LogP contribution in [0.5, 0.6) is 5.75 Å². The Morgan fingerprint density at radius 1 is 1.14 bits per heavy atom. The molecule has 114 valence electrons. The van der Waals surface area contributed by atoms with E-state index in [4.69, 9.17) is 0 Å². The topological polar surface area (TPSA) is 49.3 Å². The predicted molar refractivity (Wildman–Crippen MR) is 79.1 cm³/mol. The van der Waals surface area contributed by atoms with E-state index in [1.165, 1.54) is 5.56 Å². The summed E-state index contributed by atoms with van der Waals surface area (Å²) in [5, 5.41) is 12.2. The first kappa shape index (κ1) is 14.5. The van der Waals surface area contributed by atoms with E-state index >= 15 is 0 Å². The van der Waals surface area contributed by atoms with Gasteiger partial charge in [-0.15, -0.1) is 0 Å². The molecule has 1 aliphatic rings. The molecule has 0 atom stereocenters. The summed E-state index contributed by atoms with van der Waals surface area (Å²) < 4.78 is 26.7. The number of aromatic hydroxyl groups is 1. The van der Waals surface area contributed by atoms with Gasteiger partial charge in [-0.05, 0) is 42.9 Å². The van der Waals surface area contributed by atoms with E-state index in [1.54, 1.807) is 6.07 Å².